The lowest BCUT2D eigenvalue weighted by molar-refractivity contribution is 0.0912. The van der Waals surface area contributed by atoms with E-state index in [4.69, 9.17) is 11.6 Å². The van der Waals surface area contributed by atoms with Crippen LogP contribution in [-0.2, 0) is 9.84 Å². The minimum atomic E-state index is -3.10. The third-order valence-electron chi connectivity index (χ3n) is 3.12. The molecular formula is C12H14ClNO4S. The van der Waals surface area contributed by atoms with Gasteiger partial charge < -0.3 is 10.4 Å². The van der Waals surface area contributed by atoms with Crippen LogP contribution in [0.2, 0.25) is 5.02 Å². The van der Waals surface area contributed by atoms with Crippen molar-refractivity contribution in [3.05, 3.63) is 28.8 Å². The van der Waals surface area contributed by atoms with Gasteiger partial charge in [-0.2, -0.15) is 0 Å². The molecule has 0 saturated carbocycles. The molecule has 1 fully saturated rings. The van der Waals surface area contributed by atoms with E-state index in [0.29, 0.717) is 11.4 Å². The normalized spacial score (nSPS) is 25.2. The van der Waals surface area contributed by atoms with Crippen molar-refractivity contribution >= 4 is 27.3 Å². The molecule has 0 radical (unpaired) electrons. The number of rotatable bonds is 2. The van der Waals surface area contributed by atoms with Crippen molar-refractivity contribution in [1.29, 1.82) is 0 Å². The van der Waals surface area contributed by atoms with Gasteiger partial charge in [-0.25, -0.2) is 8.42 Å². The van der Waals surface area contributed by atoms with Crippen LogP contribution in [0.25, 0.3) is 0 Å². The van der Waals surface area contributed by atoms with Crippen molar-refractivity contribution in [1.82, 2.24) is 5.32 Å². The van der Waals surface area contributed by atoms with Crippen LogP contribution < -0.4 is 5.32 Å². The van der Waals surface area contributed by atoms with E-state index >= 15 is 0 Å². The Morgan fingerprint density at radius 1 is 1.47 bits per heavy atom. The van der Waals surface area contributed by atoms with E-state index in [1.54, 1.807) is 6.92 Å². The molecule has 1 aromatic rings. The van der Waals surface area contributed by atoms with E-state index in [1.165, 1.54) is 18.2 Å². The number of aromatic hydroxyl groups is 1. The van der Waals surface area contributed by atoms with E-state index < -0.39 is 21.3 Å². The first kappa shape index (κ1) is 14.1. The summed E-state index contributed by atoms with van der Waals surface area (Å²) in [6, 6.07) is 4.14. The number of carbonyl (C=O) groups is 1. The van der Waals surface area contributed by atoms with Crippen LogP contribution in [0.5, 0.6) is 5.75 Å². The molecule has 2 N–H and O–H groups in total. The summed E-state index contributed by atoms with van der Waals surface area (Å²) in [5.74, 6) is -0.746. The molecule has 0 aliphatic carbocycles. The molecule has 19 heavy (non-hydrogen) atoms. The summed E-state index contributed by atoms with van der Waals surface area (Å²) in [6.07, 6.45) is 0.363. The molecule has 7 heteroatoms. The number of hydrogen-bond donors (Lipinski definition) is 2. The lowest BCUT2D eigenvalue weighted by Gasteiger charge is -2.24. The fraction of sp³-hybridized carbons (Fsp3) is 0.417. The first-order valence-electron chi connectivity index (χ1n) is 5.72. The van der Waals surface area contributed by atoms with Crippen LogP contribution in [0.15, 0.2) is 18.2 Å². The number of halogens is 1. The highest BCUT2D eigenvalue weighted by molar-refractivity contribution is 7.91. The van der Waals surface area contributed by atoms with Crippen LogP contribution in [0.3, 0.4) is 0 Å². The number of benzene rings is 1. The second-order valence-electron chi connectivity index (χ2n) is 5.02. The molecule has 1 aliphatic heterocycles. The fourth-order valence-electron chi connectivity index (χ4n) is 2.14. The van der Waals surface area contributed by atoms with Gasteiger partial charge in [-0.05, 0) is 31.5 Å². The Kier molecular flexibility index (Phi) is 3.49. The van der Waals surface area contributed by atoms with Crippen molar-refractivity contribution in [2.45, 2.75) is 18.9 Å². The van der Waals surface area contributed by atoms with Gasteiger partial charge in [-0.3, -0.25) is 4.79 Å². The average Bonchev–Trinajstić information content (AvgIpc) is 2.56. The van der Waals surface area contributed by atoms with Gasteiger partial charge in [0.2, 0.25) is 0 Å². The van der Waals surface area contributed by atoms with E-state index in [2.05, 4.69) is 5.32 Å². The van der Waals surface area contributed by atoms with Gasteiger partial charge in [0, 0.05) is 5.02 Å². The molecule has 2 rings (SSSR count). The molecule has 1 heterocycles. The van der Waals surface area contributed by atoms with Crippen LogP contribution >= 0.6 is 11.6 Å². The predicted octanol–water partition coefficient (Wildman–Crippen LogP) is 1.35. The second kappa shape index (κ2) is 4.68. The average molecular weight is 304 g/mol. The minimum absolute atomic E-state index is 0.0398. The Balaban J connectivity index is 2.20. The Morgan fingerprint density at radius 3 is 2.74 bits per heavy atom. The first-order valence-corrected chi connectivity index (χ1v) is 7.92. The van der Waals surface area contributed by atoms with Crippen LogP contribution in [0.4, 0.5) is 0 Å². The molecular weight excluding hydrogens is 290 g/mol. The Morgan fingerprint density at radius 2 is 2.16 bits per heavy atom. The van der Waals surface area contributed by atoms with Gasteiger partial charge in [0.1, 0.15) is 5.75 Å². The number of phenolic OH excluding ortho intramolecular Hbond substituents is 1. The van der Waals surface area contributed by atoms with Crippen molar-refractivity contribution in [3.63, 3.8) is 0 Å². The first-order chi connectivity index (χ1) is 8.71. The molecule has 5 nitrogen and oxygen atoms in total. The highest BCUT2D eigenvalue weighted by Crippen LogP contribution is 2.26. The largest absolute Gasteiger partial charge is 0.507 e. The summed E-state index contributed by atoms with van der Waals surface area (Å²) in [5, 5.41) is 12.6. The number of nitrogens with one attached hydrogen (secondary N) is 1. The lowest BCUT2D eigenvalue weighted by atomic mass is 10.0. The molecule has 1 aromatic carbocycles. The van der Waals surface area contributed by atoms with Crippen LogP contribution in [-0.4, -0.2) is 36.5 Å². The quantitative estimate of drug-likeness (QED) is 0.864. The maximum absolute atomic E-state index is 12.1. The van der Waals surface area contributed by atoms with Gasteiger partial charge >= 0.3 is 0 Å². The summed E-state index contributed by atoms with van der Waals surface area (Å²) in [6.45, 7) is 1.68. The maximum atomic E-state index is 12.1. The SMILES string of the molecule is CC1(NC(=O)c2cc(Cl)ccc2O)CCS(=O)(=O)C1. The van der Waals surface area contributed by atoms with E-state index in [9.17, 15) is 18.3 Å². The third-order valence-corrected chi connectivity index (χ3v) is 5.26. The number of phenols is 1. The van der Waals surface area contributed by atoms with E-state index in [-0.39, 0.29) is 22.8 Å². The highest BCUT2D eigenvalue weighted by Gasteiger charge is 2.39. The van der Waals surface area contributed by atoms with Gasteiger partial charge in [-0.15, -0.1) is 0 Å². The fourth-order valence-corrected chi connectivity index (χ4v) is 4.41. The summed E-state index contributed by atoms with van der Waals surface area (Å²) in [5.41, 5.74) is -0.761. The molecule has 104 valence electrons. The molecule has 1 unspecified atom stereocenters. The summed E-state index contributed by atoms with van der Waals surface area (Å²) in [4.78, 5) is 12.1. The topological polar surface area (TPSA) is 83.5 Å². The van der Waals surface area contributed by atoms with Crippen LogP contribution in [0.1, 0.15) is 23.7 Å². The van der Waals surface area contributed by atoms with Gasteiger partial charge in [0.25, 0.3) is 5.91 Å². The van der Waals surface area contributed by atoms with Gasteiger partial charge in [0.15, 0.2) is 9.84 Å². The van der Waals surface area contributed by atoms with Crippen LogP contribution in [0, 0.1) is 0 Å². The molecule has 0 bridgehead atoms. The van der Waals surface area contributed by atoms with E-state index in [1.807, 2.05) is 0 Å². The third kappa shape index (κ3) is 3.19. The molecule has 1 amide bonds. The highest BCUT2D eigenvalue weighted by atomic mass is 35.5. The molecule has 0 aromatic heterocycles. The minimum Gasteiger partial charge on any atom is -0.507 e. The second-order valence-corrected chi connectivity index (χ2v) is 7.64. The summed E-state index contributed by atoms with van der Waals surface area (Å²) in [7, 11) is -3.10. The lowest BCUT2D eigenvalue weighted by Crippen LogP contribution is -2.46. The number of amides is 1. The zero-order valence-electron chi connectivity index (χ0n) is 10.3. The number of carbonyl (C=O) groups excluding carboxylic acids is 1. The van der Waals surface area contributed by atoms with E-state index in [0.717, 1.165) is 0 Å². The predicted molar refractivity (Wildman–Crippen MR) is 72.3 cm³/mol. The molecule has 0 spiro atoms. The molecule has 1 atom stereocenters. The Labute approximate surface area is 116 Å². The van der Waals surface area contributed by atoms with Gasteiger partial charge in [-0.1, -0.05) is 11.6 Å². The van der Waals surface area contributed by atoms with Gasteiger partial charge in [0.05, 0.1) is 22.6 Å². The Bertz CT molecular complexity index is 629. The zero-order valence-corrected chi connectivity index (χ0v) is 11.9. The monoisotopic (exact) mass is 303 g/mol. The maximum Gasteiger partial charge on any atom is 0.255 e. The summed E-state index contributed by atoms with van der Waals surface area (Å²) >= 11 is 5.77. The summed E-state index contributed by atoms with van der Waals surface area (Å²) < 4.78 is 22.9. The van der Waals surface area contributed by atoms with Crippen molar-refractivity contribution < 1.29 is 18.3 Å². The molecule has 1 aliphatic rings. The van der Waals surface area contributed by atoms with Crippen molar-refractivity contribution in [3.8, 4) is 5.75 Å². The smallest absolute Gasteiger partial charge is 0.255 e. The standard InChI is InChI=1S/C12H14ClNO4S/c1-12(4-5-19(17,18)7-12)14-11(16)9-6-8(13)2-3-10(9)15/h2-3,6,15H,4-5,7H2,1H3,(H,14,16). The number of hydrogen-bond acceptors (Lipinski definition) is 4. The van der Waals surface area contributed by atoms with Crippen molar-refractivity contribution in [2.75, 3.05) is 11.5 Å². The molecule has 1 saturated heterocycles. The van der Waals surface area contributed by atoms with Crippen molar-refractivity contribution in [2.24, 2.45) is 0 Å². The number of sulfone groups is 1. The Hall–Kier alpha value is -1.27. The zero-order chi connectivity index (χ0) is 14.3.